The third-order valence-corrected chi connectivity index (χ3v) is 2.46. The Bertz CT molecular complexity index is 217. The van der Waals surface area contributed by atoms with Gasteiger partial charge in [0.05, 0.1) is 0 Å². The largest absolute Gasteiger partial charge is 0.0620 e. The van der Waals surface area contributed by atoms with E-state index < -0.39 is 0 Å². The molecule has 3 radical (unpaired) electrons. The molecule has 49 valence electrons. The maximum absolute atomic E-state index is 3.67. The maximum Gasteiger partial charge on any atom is 0.0275 e. The molecule has 0 saturated heterocycles. The van der Waals surface area contributed by atoms with Gasteiger partial charge >= 0.3 is 0 Å². The Morgan fingerprint density at radius 2 is 1.60 bits per heavy atom. The summed E-state index contributed by atoms with van der Waals surface area (Å²) in [5.74, 6) is 0. The van der Waals surface area contributed by atoms with E-state index in [-0.39, 0.29) is 0 Å². The first-order valence-corrected chi connectivity index (χ1v) is 4.22. The minimum Gasteiger partial charge on any atom is -0.0620 e. The number of rotatable bonds is 0. The monoisotopic (exact) mass is 145 g/mol. The number of benzene rings is 1. The van der Waals surface area contributed by atoms with E-state index in [1.165, 1.54) is 24.0 Å². The zero-order chi connectivity index (χ0) is 6.97. The summed E-state index contributed by atoms with van der Waals surface area (Å²) in [6.45, 7) is 0. The van der Waals surface area contributed by atoms with Crippen LogP contribution in [0.1, 0.15) is 11.1 Å². The van der Waals surface area contributed by atoms with Crippen molar-refractivity contribution in [1.82, 2.24) is 0 Å². The molecule has 0 spiro atoms. The van der Waals surface area contributed by atoms with Gasteiger partial charge in [-0.1, -0.05) is 24.3 Å². The lowest BCUT2D eigenvalue weighted by Crippen LogP contribution is -1.87. The first-order valence-electron chi connectivity index (χ1n) is 3.64. The second-order valence-corrected chi connectivity index (χ2v) is 3.69. The van der Waals surface area contributed by atoms with Gasteiger partial charge in [0.2, 0.25) is 0 Å². The minimum atomic E-state index is 0.678. The quantitative estimate of drug-likeness (QED) is 0.488. The first-order chi connectivity index (χ1) is 4.86. The predicted molar refractivity (Wildman–Crippen MR) is 43.4 cm³/mol. The summed E-state index contributed by atoms with van der Waals surface area (Å²) in [6.07, 6.45) is 2.40. The Labute approximate surface area is 64.7 Å². The van der Waals surface area contributed by atoms with E-state index >= 15 is 0 Å². The molecule has 0 N–H and O–H groups in total. The topological polar surface area (TPSA) is 0 Å². The van der Waals surface area contributed by atoms with Crippen LogP contribution in [0.4, 0.5) is 0 Å². The third kappa shape index (κ3) is 0.906. The zero-order valence-electron chi connectivity index (χ0n) is 5.80. The lowest BCUT2D eigenvalue weighted by atomic mass is 10.1. The van der Waals surface area contributed by atoms with Crippen LogP contribution in [0.2, 0.25) is 5.54 Å². The average molecular weight is 145 g/mol. The Morgan fingerprint density at radius 3 is 2.10 bits per heavy atom. The third-order valence-electron chi connectivity index (χ3n) is 2.05. The van der Waals surface area contributed by atoms with Crippen LogP contribution in [0, 0.1) is 0 Å². The lowest BCUT2D eigenvalue weighted by Gasteiger charge is -1.93. The molecule has 1 aliphatic rings. The second kappa shape index (κ2) is 2.24. The molecule has 0 unspecified atom stereocenters. The van der Waals surface area contributed by atoms with Crippen molar-refractivity contribution in [3.8, 4) is 0 Å². The maximum atomic E-state index is 3.67. The highest BCUT2D eigenvalue weighted by atomic mass is 28.1. The molecule has 2 rings (SSSR count). The van der Waals surface area contributed by atoms with E-state index in [0.717, 1.165) is 0 Å². The van der Waals surface area contributed by atoms with Crippen molar-refractivity contribution in [1.29, 1.82) is 0 Å². The molecular formula is C9H9Si. The van der Waals surface area contributed by atoms with Gasteiger partial charge in [-0.3, -0.25) is 0 Å². The van der Waals surface area contributed by atoms with E-state index in [4.69, 9.17) is 0 Å². The van der Waals surface area contributed by atoms with Crippen LogP contribution in [0.25, 0.3) is 0 Å². The predicted octanol–water partition coefficient (Wildman–Crippen LogP) is 1.74. The molecule has 0 heterocycles. The zero-order valence-corrected chi connectivity index (χ0v) is 6.80. The number of fused-ring (bicyclic) bond motifs is 1. The smallest absolute Gasteiger partial charge is 0.0275 e. The highest BCUT2D eigenvalue weighted by Crippen LogP contribution is 2.27. The highest BCUT2D eigenvalue weighted by molar-refractivity contribution is 6.12. The van der Waals surface area contributed by atoms with Crippen LogP contribution in [-0.4, -0.2) is 10.2 Å². The summed E-state index contributed by atoms with van der Waals surface area (Å²) in [4.78, 5) is 0. The average Bonchev–Trinajstić information content (AvgIpc) is 2.27. The van der Waals surface area contributed by atoms with Crippen LogP contribution < -0.4 is 0 Å². The van der Waals surface area contributed by atoms with Gasteiger partial charge in [-0.05, 0) is 29.5 Å². The molecular weight excluding hydrogens is 136 g/mol. The first kappa shape index (κ1) is 6.17. The summed E-state index contributed by atoms with van der Waals surface area (Å²) in [7, 11) is 3.67. The molecule has 0 fully saturated rings. The SMILES string of the molecule is [Si]C1Cc2ccccc2C1. The summed E-state index contributed by atoms with van der Waals surface area (Å²) in [5.41, 5.74) is 3.71. The molecule has 0 atom stereocenters. The van der Waals surface area contributed by atoms with Gasteiger partial charge in [0.25, 0.3) is 0 Å². The van der Waals surface area contributed by atoms with Gasteiger partial charge in [-0.15, -0.1) is 0 Å². The van der Waals surface area contributed by atoms with Crippen molar-refractivity contribution < 1.29 is 0 Å². The van der Waals surface area contributed by atoms with Gasteiger partial charge < -0.3 is 0 Å². The van der Waals surface area contributed by atoms with E-state index in [9.17, 15) is 0 Å². The van der Waals surface area contributed by atoms with Gasteiger partial charge in [0, 0.05) is 10.2 Å². The highest BCUT2D eigenvalue weighted by Gasteiger charge is 2.15. The summed E-state index contributed by atoms with van der Waals surface area (Å²) >= 11 is 0. The van der Waals surface area contributed by atoms with Crippen LogP contribution in [0.15, 0.2) is 24.3 Å². The Hall–Kier alpha value is -0.563. The van der Waals surface area contributed by atoms with Gasteiger partial charge in [0.1, 0.15) is 0 Å². The normalized spacial score (nSPS) is 17.3. The number of hydrogen-bond donors (Lipinski definition) is 0. The Balaban J connectivity index is 2.42. The molecule has 0 bridgehead atoms. The Kier molecular flexibility index (Phi) is 1.38. The van der Waals surface area contributed by atoms with E-state index in [1.807, 2.05) is 0 Å². The molecule has 0 amide bonds. The molecule has 1 aliphatic carbocycles. The summed E-state index contributed by atoms with van der Waals surface area (Å²) in [6, 6.07) is 8.66. The number of hydrogen-bond acceptors (Lipinski definition) is 0. The van der Waals surface area contributed by atoms with Crippen molar-refractivity contribution in [2.45, 2.75) is 18.4 Å². The minimum absolute atomic E-state index is 0.678. The van der Waals surface area contributed by atoms with Crippen molar-refractivity contribution in [2.75, 3.05) is 0 Å². The lowest BCUT2D eigenvalue weighted by molar-refractivity contribution is 0.905. The van der Waals surface area contributed by atoms with Crippen LogP contribution >= 0.6 is 0 Å². The molecule has 0 aliphatic heterocycles. The molecule has 0 nitrogen and oxygen atoms in total. The molecule has 0 aromatic heterocycles. The molecule has 1 aromatic rings. The Morgan fingerprint density at radius 1 is 1.10 bits per heavy atom. The van der Waals surface area contributed by atoms with Crippen molar-refractivity contribution in [3.63, 3.8) is 0 Å². The fourth-order valence-corrected chi connectivity index (χ4v) is 2.00. The molecule has 1 aromatic carbocycles. The molecule has 1 heteroatoms. The van der Waals surface area contributed by atoms with Crippen LogP contribution in [-0.2, 0) is 12.8 Å². The fourth-order valence-electron chi connectivity index (χ4n) is 1.56. The molecule has 10 heavy (non-hydrogen) atoms. The van der Waals surface area contributed by atoms with Crippen LogP contribution in [0.3, 0.4) is 0 Å². The fraction of sp³-hybridized carbons (Fsp3) is 0.333. The van der Waals surface area contributed by atoms with Crippen molar-refractivity contribution >= 4 is 10.2 Å². The van der Waals surface area contributed by atoms with Crippen molar-refractivity contribution in [3.05, 3.63) is 35.4 Å². The van der Waals surface area contributed by atoms with E-state index in [1.54, 1.807) is 0 Å². The summed E-state index contributed by atoms with van der Waals surface area (Å²) < 4.78 is 0. The van der Waals surface area contributed by atoms with E-state index in [0.29, 0.717) is 5.54 Å². The second-order valence-electron chi connectivity index (χ2n) is 2.87. The van der Waals surface area contributed by atoms with Gasteiger partial charge in [0.15, 0.2) is 0 Å². The molecule has 0 saturated carbocycles. The standard InChI is InChI=1S/C9H9Si/c10-9-5-7-3-1-2-4-8(7)6-9/h1-4,9H,5-6H2. The summed E-state index contributed by atoms with van der Waals surface area (Å²) in [5, 5.41) is 0. The van der Waals surface area contributed by atoms with Crippen LogP contribution in [0.5, 0.6) is 0 Å². The van der Waals surface area contributed by atoms with Crippen molar-refractivity contribution in [2.24, 2.45) is 0 Å². The van der Waals surface area contributed by atoms with Gasteiger partial charge in [-0.2, -0.15) is 0 Å². The van der Waals surface area contributed by atoms with E-state index in [2.05, 4.69) is 34.5 Å². The van der Waals surface area contributed by atoms with Gasteiger partial charge in [-0.25, -0.2) is 0 Å².